The summed E-state index contributed by atoms with van der Waals surface area (Å²) >= 11 is 0. The Kier molecular flexibility index (Phi) is 4.24. The van der Waals surface area contributed by atoms with Crippen molar-refractivity contribution in [2.45, 2.75) is 12.8 Å². The SMILES string of the molecule is CN(C(=O)C1CCOCC1)c1ccc(C(=O)O)cc1N. The van der Waals surface area contributed by atoms with E-state index < -0.39 is 5.97 Å². The highest BCUT2D eigenvalue weighted by molar-refractivity contribution is 5.99. The van der Waals surface area contributed by atoms with Crippen molar-refractivity contribution >= 4 is 23.3 Å². The largest absolute Gasteiger partial charge is 0.478 e. The zero-order valence-corrected chi connectivity index (χ0v) is 11.3. The van der Waals surface area contributed by atoms with Gasteiger partial charge < -0.3 is 20.5 Å². The van der Waals surface area contributed by atoms with Gasteiger partial charge in [0.25, 0.3) is 0 Å². The molecule has 1 amide bonds. The first-order valence-corrected chi connectivity index (χ1v) is 6.49. The Bertz CT molecular complexity index is 524. The Morgan fingerprint density at radius 2 is 2.00 bits per heavy atom. The number of carboxylic acid groups (broad SMARTS) is 1. The number of hydrogen-bond acceptors (Lipinski definition) is 4. The summed E-state index contributed by atoms with van der Waals surface area (Å²) in [6, 6.07) is 4.38. The van der Waals surface area contributed by atoms with Crippen molar-refractivity contribution in [1.82, 2.24) is 0 Å². The number of amides is 1. The molecular formula is C14H18N2O4. The maximum atomic E-state index is 12.4. The summed E-state index contributed by atoms with van der Waals surface area (Å²) in [7, 11) is 1.66. The van der Waals surface area contributed by atoms with E-state index in [0.717, 1.165) is 0 Å². The molecule has 0 aromatic heterocycles. The number of benzene rings is 1. The summed E-state index contributed by atoms with van der Waals surface area (Å²) in [5.74, 6) is -1.11. The van der Waals surface area contributed by atoms with Crippen molar-refractivity contribution in [3.63, 3.8) is 0 Å². The Labute approximate surface area is 117 Å². The molecule has 1 aliphatic heterocycles. The molecule has 1 saturated heterocycles. The quantitative estimate of drug-likeness (QED) is 0.814. The molecule has 1 heterocycles. The van der Waals surface area contributed by atoms with Crippen LogP contribution in [0.3, 0.4) is 0 Å². The van der Waals surface area contributed by atoms with Gasteiger partial charge in [0.1, 0.15) is 0 Å². The minimum Gasteiger partial charge on any atom is -0.478 e. The lowest BCUT2D eigenvalue weighted by atomic mass is 9.98. The second kappa shape index (κ2) is 5.92. The summed E-state index contributed by atoms with van der Waals surface area (Å²) in [6.45, 7) is 1.19. The van der Waals surface area contributed by atoms with Gasteiger partial charge in [0.2, 0.25) is 5.91 Å². The smallest absolute Gasteiger partial charge is 0.335 e. The fraction of sp³-hybridized carbons (Fsp3) is 0.429. The zero-order chi connectivity index (χ0) is 14.7. The molecule has 0 bridgehead atoms. The zero-order valence-electron chi connectivity index (χ0n) is 11.3. The molecule has 1 fully saturated rings. The van der Waals surface area contributed by atoms with Gasteiger partial charge in [-0.3, -0.25) is 4.79 Å². The van der Waals surface area contributed by atoms with Gasteiger partial charge in [-0.2, -0.15) is 0 Å². The van der Waals surface area contributed by atoms with E-state index >= 15 is 0 Å². The van der Waals surface area contributed by atoms with Gasteiger partial charge in [-0.1, -0.05) is 0 Å². The van der Waals surface area contributed by atoms with E-state index in [-0.39, 0.29) is 23.1 Å². The van der Waals surface area contributed by atoms with Crippen LogP contribution in [-0.2, 0) is 9.53 Å². The predicted molar refractivity (Wildman–Crippen MR) is 74.8 cm³/mol. The van der Waals surface area contributed by atoms with Gasteiger partial charge in [0, 0.05) is 26.2 Å². The molecule has 108 valence electrons. The number of ether oxygens (including phenoxy) is 1. The normalized spacial score (nSPS) is 15.8. The van der Waals surface area contributed by atoms with E-state index in [2.05, 4.69) is 0 Å². The van der Waals surface area contributed by atoms with Crippen LogP contribution in [0.1, 0.15) is 23.2 Å². The number of hydrogen-bond donors (Lipinski definition) is 2. The van der Waals surface area contributed by atoms with E-state index in [1.165, 1.54) is 17.0 Å². The molecule has 1 aromatic carbocycles. The monoisotopic (exact) mass is 278 g/mol. The van der Waals surface area contributed by atoms with Gasteiger partial charge in [-0.15, -0.1) is 0 Å². The molecule has 6 heteroatoms. The van der Waals surface area contributed by atoms with Crippen LogP contribution in [0, 0.1) is 5.92 Å². The van der Waals surface area contributed by atoms with Crippen LogP contribution in [0.15, 0.2) is 18.2 Å². The van der Waals surface area contributed by atoms with Gasteiger partial charge in [0.15, 0.2) is 0 Å². The average molecular weight is 278 g/mol. The van der Waals surface area contributed by atoms with Crippen molar-refractivity contribution < 1.29 is 19.4 Å². The first kappa shape index (κ1) is 14.3. The Morgan fingerprint density at radius 1 is 1.35 bits per heavy atom. The third-order valence-electron chi connectivity index (χ3n) is 3.54. The third-order valence-corrected chi connectivity index (χ3v) is 3.54. The fourth-order valence-corrected chi connectivity index (χ4v) is 2.33. The van der Waals surface area contributed by atoms with Crippen LogP contribution in [0.5, 0.6) is 0 Å². The molecule has 6 nitrogen and oxygen atoms in total. The fourth-order valence-electron chi connectivity index (χ4n) is 2.33. The molecule has 1 aliphatic rings. The van der Waals surface area contributed by atoms with E-state index in [1.54, 1.807) is 13.1 Å². The second-order valence-corrected chi connectivity index (χ2v) is 4.86. The van der Waals surface area contributed by atoms with Crippen LogP contribution in [0.25, 0.3) is 0 Å². The number of anilines is 2. The summed E-state index contributed by atoms with van der Waals surface area (Å²) < 4.78 is 5.24. The molecule has 0 spiro atoms. The van der Waals surface area contributed by atoms with Gasteiger partial charge in [-0.25, -0.2) is 4.79 Å². The number of nitrogen functional groups attached to an aromatic ring is 1. The average Bonchev–Trinajstić information content (AvgIpc) is 2.46. The summed E-state index contributed by atoms with van der Waals surface area (Å²) in [6.07, 6.45) is 1.41. The molecule has 0 radical (unpaired) electrons. The highest BCUT2D eigenvalue weighted by Gasteiger charge is 2.26. The van der Waals surface area contributed by atoms with Crippen LogP contribution in [0.2, 0.25) is 0 Å². The number of carbonyl (C=O) groups excluding carboxylic acids is 1. The van der Waals surface area contributed by atoms with Crippen LogP contribution < -0.4 is 10.6 Å². The molecule has 0 atom stereocenters. The maximum absolute atomic E-state index is 12.4. The molecule has 2 rings (SSSR count). The lowest BCUT2D eigenvalue weighted by Crippen LogP contribution is -2.36. The van der Waals surface area contributed by atoms with Gasteiger partial charge in [-0.05, 0) is 31.0 Å². The molecule has 20 heavy (non-hydrogen) atoms. The number of carbonyl (C=O) groups is 2. The van der Waals surface area contributed by atoms with Gasteiger partial charge >= 0.3 is 5.97 Å². The molecule has 0 saturated carbocycles. The minimum absolute atomic E-state index is 0.0110. The highest BCUT2D eigenvalue weighted by Crippen LogP contribution is 2.27. The van der Waals surface area contributed by atoms with Crippen molar-refractivity contribution in [3.05, 3.63) is 23.8 Å². The number of aromatic carboxylic acids is 1. The number of nitrogens with two attached hydrogens (primary N) is 1. The van der Waals surface area contributed by atoms with Crippen LogP contribution >= 0.6 is 0 Å². The number of carboxylic acids is 1. The topological polar surface area (TPSA) is 92.9 Å². The molecule has 3 N–H and O–H groups in total. The van der Waals surface area contributed by atoms with E-state index in [0.29, 0.717) is 31.7 Å². The van der Waals surface area contributed by atoms with Crippen molar-refractivity contribution in [1.29, 1.82) is 0 Å². The number of nitrogens with zero attached hydrogens (tertiary/aromatic N) is 1. The lowest BCUT2D eigenvalue weighted by Gasteiger charge is -2.27. The molecule has 1 aromatic rings. The Balaban J connectivity index is 2.17. The summed E-state index contributed by atoms with van der Waals surface area (Å²) in [5, 5.41) is 8.90. The predicted octanol–water partition coefficient (Wildman–Crippen LogP) is 1.36. The number of rotatable bonds is 3. The van der Waals surface area contributed by atoms with Gasteiger partial charge in [0.05, 0.1) is 16.9 Å². The second-order valence-electron chi connectivity index (χ2n) is 4.86. The van der Waals surface area contributed by atoms with E-state index in [9.17, 15) is 9.59 Å². The van der Waals surface area contributed by atoms with Crippen LogP contribution in [-0.4, -0.2) is 37.2 Å². The van der Waals surface area contributed by atoms with E-state index in [1.807, 2.05) is 0 Å². The van der Waals surface area contributed by atoms with Crippen molar-refractivity contribution in [2.24, 2.45) is 5.92 Å². The minimum atomic E-state index is -1.04. The Hall–Kier alpha value is -2.08. The maximum Gasteiger partial charge on any atom is 0.335 e. The van der Waals surface area contributed by atoms with Crippen molar-refractivity contribution in [3.8, 4) is 0 Å². The first-order valence-electron chi connectivity index (χ1n) is 6.49. The Morgan fingerprint density at radius 3 is 2.55 bits per heavy atom. The lowest BCUT2D eigenvalue weighted by molar-refractivity contribution is -0.124. The summed E-state index contributed by atoms with van der Waals surface area (Å²) in [4.78, 5) is 24.7. The van der Waals surface area contributed by atoms with Crippen molar-refractivity contribution in [2.75, 3.05) is 30.9 Å². The first-order chi connectivity index (χ1) is 9.50. The molecular weight excluding hydrogens is 260 g/mol. The van der Waals surface area contributed by atoms with E-state index in [4.69, 9.17) is 15.6 Å². The third kappa shape index (κ3) is 2.91. The molecule has 0 unspecified atom stereocenters. The standard InChI is InChI=1S/C14H18N2O4/c1-16(13(17)9-4-6-20-7-5-9)12-3-2-10(14(18)19)8-11(12)15/h2-3,8-9H,4-7,15H2,1H3,(H,18,19). The van der Waals surface area contributed by atoms with Crippen LogP contribution in [0.4, 0.5) is 11.4 Å². The highest BCUT2D eigenvalue weighted by atomic mass is 16.5. The molecule has 0 aliphatic carbocycles. The summed E-state index contributed by atoms with van der Waals surface area (Å²) in [5.41, 5.74) is 6.77.